The second-order valence-electron chi connectivity index (χ2n) is 5.23. The Morgan fingerprint density at radius 2 is 1.73 bits per heavy atom. The highest BCUT2D eigenvalue weighted by Crippen LogP contribution is 2.16. The molecule has 2 N–H and O–H groups in total. The van der Waals surface area contributed by atoms with Crippen LogP contribution in [-0.2, 0) is 0 Å². The Morgan fingerprint density at radius 3 is 2.32 bits per heavy atom. The maximum atomic E-state index is 12.9. The zero-order valence-corrected chi connectivity index (χ0v) is 13.5. The second-order valence-corrected chi connectivity index (χ2v) is 5.64. The third-order valence-electron chi connectivity index (χ3n) is 3.37. The van der Waals surface area contributed by atoms with Gasteiger partial charge in [0.05, 0.1) is 6.04 Å². The van der Waals surface area contributed by atoms with Gasteiger partial charge in [0, 0.05) is 12.2 Å². The normalized spacial score (nSPS) is 12.0. The van der Waals surface area contributed by atoms with E-state index in [0.29, 0.717) is 11.7 Å². The van der Waals surface area contributed by atoms with Crippen molar-refractivity contribution in [3.63, 3.8) is 0 Å². The molecule has 1 unspecified atom stereocenters. The summed E-state index contributed by atoms with van der Waals surface area (Å²) in [5.74, 6) is -0.263. The van der Waals surface area contributed by atoms with Gasteiger partial charge in [-0.1, -0.05) is 30.3 Å². The first kappa shape index (κ1) is 16.4. The molecule has 0 bridgehead atoms. The summed E-state index contributed by atoms with van der Waals surface area (Å²) in [5.41, 5.74) is 1.99. The molecule has 2 aromatic carbocycles. The third-order valence-corrected chi connectivity index (χ3v) is 3.61. The van der Waals surface area contributed by atoms with Gasteiger partial charge in [0.15, 0.2) is 5.11 Å². The van der Waals surface area contributed by atoms with Crippen molar-refractivity contribution < 1.29 is 4.39 Å². The molecule has 0 fully saturated rings. The molecule has 5 heteroatoms. The Morgan fingerprint density at radius 1 is 1.09 bits per heavy atom. The number of likely N-dealkylation sites (N-methyl/N-ethyl adjacent to an activating group) is 1. The number of rotatable bonds is 5. The highest BCUT2D eigenvalue weighted by Gasteiger charge is 2.13. The molecule has 0 aliphatic rings. The average molecular weight is 317 g/mol. The van der Waals surface area contributed by atoms with E-state index in [-0.39, 0.29) is 11.9 Å². The van der Waals surface area contributed by atoms with Crippen LogP contribution in [0, 0.1) is 5.82 Å². The van der Waals surface area contributed by atoms with E-state index in [1.165, 1.54) is 17.7 Å². The summed E-state index contributed by atoms with van der Waals surface area (Å²) in [7, 11) is 4.07. The van der Waals surface area contributed by atoms with Crippen LogP contribution in [0.5, 0.6) is 0 Å². The van der Waals surface area contributed by atoms with E-state index in [9.17, 15) is 4.39 Å². The van der Waals surface area contributed by atoms with Gasteiger partial charge in [0.2, 0.25) is 0 Å². The smallest absolute Gasteiger partial charge is 0.170 e. The van der Waals surface area contributed by atoms with E-state index in [1.807, 2.05) is 32.3 Å². The fraction of sp³-hybridized carbons (Fsp3) is 0.235. The number of nitrogens with one attached hydrogen (secondary N) is 2. The Bertz CT molecular complexity index is 599. The van der Waals surface area contributed by atoms with Gasteiger partial charge in [0.25, 0.3) is 0 Å². The monoisotopic (exact) mass is 317 g/mol. The molecule has 116 valence electrons. The van der Waals surface area contributed by atoms with E-state index in [2.05, 4.69) is 27.7 Å². The first-order chi connectivity index (χ1) is 10.6. The third kappa shape index (κ3) is 4.79. The molecule has 0 saturated heterocycles. The maximum absolute atomic E-state index is 12.9. The molecule has 2 aromatic rings. The van der Waals surface area contributed by atoms with Crippen LogP contribution in [0.3, 0.4) is 0 Å². The molecule has 0 aliphatic carbocycles. The summed E-state index contributed by atoms with van der Waals surface area (Å²) in [4.78, 5) is 2.14. The highest BCUT2D eigenvalue weighted by atomic mass is 32.1. The fourth-order valence-corrected chi connectivity index (χ4v) is 2.37. The number of halogens is 1. The van der Waals surface area contributed by atoms with Crippen LogP contribution >= 0.6 is 12.2 Å². The Balaban J connectivity index is 1.92. The first-order valence-corrected chi connectivity index (χ1v) is 7.49. The topological polar surface area (TPSA) is 27.3 Å². The van der Waals surface area contributed by atoms with Gasteiger partial charge in [-0.2, -0.15) is 0 Å². The first-order valence-electron chi connectivity index (χ1n) is 7.08. The molecule has 2 rings (SSSR count). The van der Waals surface area contributed by atoms with Crippen LogP contribution < -0.4 is 10.6 Å². The van der Waals surface area contributed by atoms with Crippen molar-refractivity contribution in [1.82, 2.24) is 10.2 Å². The van der Waals surface area contributed by atoms with Crippen LogP contribution in [0.15, 0.2) is 54.6 Å². The Hall–Kier alpha value is -1.98. The molecule has 22 heavy (non-hydrogen) atoms. The van der Waals surface area contributed by atoms with E-state index >= 15 is 0 Å². The van der Waals surface area contributed by atoms with E-state index in [4.69, 9.17) is 12.2 Å². The number of thiocarbonyl (C=S) groups is 1. The minimum Gasteiger partial charge on any atom is -0.361 e. The van der Waals surface area contributed by atoms with Crippen molar-refractivity contribution >= 4 is 23.0 Å². The molecular weight excluding hydrogens is 297 g/mol. The van der Waals surface area contributed by atoms with E-state index < -0.39 is 0 Å². The molecule has 0 radical (unpaired) electrons. The molecule has 0 aliphatic heterocycles. The molecule has 0 heterocycles. The van der Waals surface area contributed by atoms with E-state index in [0.717, 1.165) is 5.69 Å². The van der Waals surface area contributed by atoms with Crippen LogP contribution in [-0.4, -0.2) is 30.7 Å². The quantitative estimate of drug-likeness (QED) is 0.827. The van der Waals surface area contributed by atoms with Gasteiger partial charge in [-0.15, -0.1) is 0 Å². The lowest BCUT2D eigenvalue weighted by Gasteiger charge is -2.25. The molecule has 0 aromatic heterocycles. The van der Waals surface area contributed by atoms with Crippen molar-refractivity contribution in [1.29, 1.82) is 0 Å². The van der Waals surface area contributed by atoms with Crippen molar-refractivity contribution in [2.75, 3.05) is 26.0 Å². The zero-order valence-electron chi connectivity index (χ0n) is 12.7. The lowest BCUT2D eigenvalue weighted by Crippen LogP contribution is -2.36. The predicted molar refractivity (Wildman–Crippen MR) is 93.5 cm³/mol. The van der Waals surface area contributed by atoms with Gasteiger partial charge in [-0.05, 0) is 56.1 Å². The van der Waals surface area contributed by atoms with Gasteiger partial charge >= 0.3 is 0 Å². The van der Waals surface area contributed by atoms with Crippen LogP contribution in [0.4, 0.5) is 10.1 Å². The summed E-state index contributed by atoms with van der Waals surface area (Å²) in [6, 6.07) is 16.6. The van der Waals surface area contributed by atoms with Gasteiger partial charge in [-0.25, -0.2) is 4.39 Å². The standard InChI is InChI=1S/C17H20FN3S/c1-21(2)16(13-6-4-3-5-7-13)12-19-17(22)20-15-10-8-14(18)9-11-15/h3-11,16H,12H2,1-2H3,(H2,19,20,22). The van der Waals surface area contributed by atoms with Crippen LogP contribution in [0.1, 0.15) is 11.6 Å². The van der Waals surface area contributed by atoms with Crippen molar-refractivity contribution in [3.8, 4) is 0 Å². The molecule has 3 nitrogen and oxygen atoms in total. The van der Waals surface area contributed by atoms with Crippen LogP contribution in [0.25, 0.3) is 0 Å². The SMILES string of the molecule is CN(C)C(CNC(=S)Nc1ccc(F)cc1)c1ccccc1. The van der Waals surface area contributed by atoms with Gasteiger partial charge < -0.3 is 15.5 Å². The van der Waals surface area contributed by atoms with E-state index in [1.54, 1.807) is 12.1 Å². The molecule has 1 atom stereocenters. The van der Waals surface area contributed by atoms with Crippen molar-refractivity contribution in [3.05, 3.63) is 66.0 Å². The van der Waals surface area contributed by atoms with Crippen molar-refractivity contribution in [2.45, 2.75) is 6.04 Å². The summed E-state index contributed by atoms with van der Waals surface area (Å²) in [5, 5.41) is 6.78. The Labute approximate surface area is 136 Å². The van der Waals surface area contributed by atoms with Gasteiger partial charge in [-0.3, -0.25) is 0 Å². The molecule has 0 saturated carbocycles. The minimum absolute atomic E-state index is 0.217. The fourth-order valence-electron chi connectivity index (χ4n) is 2.17. The second kappa shape index (κ2) is 7.87. The number of nitrogens with zero attached hydrogens (tertiary/aromatic N) is 1. The number of hydrogen-bond donors (Lipinski definition) is 2. The molecule has 0 spiro atoms. The number of hydrogen-bond acceptors (Lipinski definition) is 2. The van der Waals surface area contributed by atoms with Crippen molar-refractivity contribution in [2.24, 2.45) is 0 Å². The number of anilines is 1. The number of benzene rings is 2. The minimum atomic E-state index is -0.263. The lowest BCUT2D eigenvalue weighted by molar-refractivity contribution is 0.299. The lowest BCUT2D eigenvalue weighted by atomic mass is 10.1. The zero-order chi connectivity index (χ0) is 15.9. The Kier molecular flexibility index (Phi) is 5.86. The summed E-state index contributed by atoms with van der Waals surface area (Å²) in [6.07, 6.45) is 0. The van der Waals surface area contributed by atoms with Crippen LogP contribution in [0.2, 0.25) is 0 Å². The summed E-state index contributed by atoms with van der Waals surface area (Å²) >= 11 is 5.29. The molecular formula is C17H20FN3S. The maximum Gasteiger partial charge on any atom is 0.170 e. The average Bonchev–Trinajstić information content (AvgIpc) is 2.50. The summed E-state index contributed by atoms with van der Waals surface area (Å²) in [6.45, 7) is 0.685. The van der Waals surface area contributed by atoms with Gasteiger partial charge in [0.1, 0.15) is 5.82 Å². The largest absolute Gasteiger partial charge is 0.361 e. The highest BCUT2D eigenvalue weighted by molar-refractivity contribution is 7.80. The summed E-state index contributed by atoms with van der Waals surface area (Å²) < 4.78 is 12.9. The predicted octanol–water partition coefficient (Wildman–Crippen LogP) is 3.42. The molecule has 0 amide bonds.